The van der Waals surface area contributed by atoms with Gasteiger partial charge in [-0.1, -0.05) is 0 Å². The van der Waals surface area contributed by atoms with Crippen LogP contribution in [0.4, 0.5) is 0 Å². The summed E-state index contributed by atoms with van der Waals surface area (Å²) in [4.78, 5) is 68.4. The fourth-order valence-corrected chi connectivity index (χ4v) is 12.2. The minimum absolute atomic E-state index is 0.207. The summed E-state index contributed by atoms with van der Waals surface area (Å²) in [5.74, 6) is 0. The van der Waals surface area contributed by atoms with Crippen LogP contribution in [-0.2, 0) is 75.7 Å². The monoisotopic (exact) mass is 712 g/mol. The molecular weight excluding hydrogens is 700 g/mol. The van der Waals surface area contributed by atoms with E-state index in [2.05, 4.69) is 39.2 Å². The zero-order valence-corrected chi connectivity index (χ0v) is 24.2. The molecule has 37 heavy (non-hydrogen) atoms. The number of phosphoric ester groups is 2. The normalized spacial score (nSPS) is 25.6. The molecule has 0 aliphatic rings. The first kappa shape index (κ1) is 38.1. The van der Waals surface area contributed by atoms with Crippen LogP contribution in [-0.4, -0.2) is 24.6 Å². The van der Waals surface area contributed by atoms with Crippen molar-refractivity contribution in [2.45, 2.75) is 0 Å². The first-order valence-electron chi connectivity index (χ1n) is 7.33. The summed E-state index contributed by atoms with van der Waals surface area (Å²) in [6, 6.07) is 0. The molecule has 27 nitrogen and oxygen atoms in total. The average molecular weight is 712 g/mol. The van der Waals surface area contributed by atoms with E-state index in [0.29, 0.717) is 0 Å². The number of hydrogen-bond donors (Lipinski definition) is 4. The van der Waals surface area contributed by atoms with Crippen molar-refractivity contribution in [3.63, 3.8) is 0 Å². The van der Waals surface area contributed by atoms with Gasteiger partial charge in [0.2, 0.25) is 0 Å². The van der Waals surface area contributed by atoms with Crippen molar-refractivity contribution in [2.24, 2.45) is 0 Å². The molecule has 0 aliphatic heterocycles. The Bertz CT molecular complexity index is 1100. The van der Waals surface area contributed by atoms with Crippen molar-refractivity contribution in [3.8, 4) is 0 Å². The molecular formula is C2H12N2O25P8-4. The number of phosphoric acid groups is 6. The Morgan fingerprint density at radius 2 is 0.703 bits per heavy atom. The maximum Gasteiger partial charge on any atom is 0.496 e. The Balaban J connectivity index is 6.74. The maximum absolute atomic E-state index is 12.6. The second-order valence-electron chi connectivity index (χ2n) is 4.93. The van der Waals surface area contributed by atoms with Gasteiger partial charge in [0.25, 0.3) is 31.3 Å². The van der Waals surface area contributed by atoms with Crippen LogP contribution >= 0.6 is 62.4 Å². The van der Waals surface area contributed by atoms with E-state index in [1.165, 1.54) is 0 Å². The van der Waals surface area contributed by atoms with E-state index in [9.17, 15) is 65.9 Å². The van der Waals surface area contributed by atoms with Gasteiger partial charge in [-0.05, 0) is 0 Å². The fourth-order valence-electron chi connectivity index (χ4n) is 1.12. The van der Waals surface area contributed by atoms with Gasteiger partial charge in [0.15, 0.2) is 0 Å². The van der Waals surface area contributed by atoms with E-state index in [0.717, 1.165) is 0 Å². The molecule has 0 saturated carbocycles. The van der Waals surface area contributed by atoms with E-state index in [1.54, 1.807) is 0 Å². The van der Waals surface area contributed by atoms with E-state index in [1.807, 2.05) is 0 Å². The van der Waals surface area contributed by atoms with Gasteiger partial charge < -0.3 is 38.4 Å². The summed E-state index contributed by atoms with van der Waals surface area (Å²) in [5.41, 5.74) is 0. The molecule has 0 spiro atoms. The Kier molecular flexibility index (Phi) is 13.8. The van der Waals surface area contributed by atoms with Crippen LogP contribution in [0, 0.1) is 0 Å². The van der Waals surface area contributed by atoms with Crippen LogP contribution in [0.5, 0.6) is 0 Å². The Morgan fingerprint density at radius 1 is 0.459 bits per heavy atom. The predicted octanol–water partition coefficient (Wildman–Crippen LogP) is -4.67. The van der Waals surface area contributed by atoms with Gasteiger partial charge in [0.05, 0.1) is 0 Å². The molecule has 0 radical (unpaired) electrons. The van der Waals surface area contributed by atoms with Crippen molar-refractivity contribution in [1.82, 2.24) is 0 Å². The van der Waals surface area contributed by atoms with Gasteiger partial charge in [0.1, 0.15) is 0 Å². The smallest absolute Gasteiger partial charge is 0.496 e. The van der Waals surface area contributed by atoms with E-state index >= 15 is 0 Å². The first-order valence-corrected chi connectivity index (χ1v) is 19.3. The molecule has 0 aromatic heterocycles. The van der Waals surface area contributed by atoms with Crippen LogP contribution in [0.3, 0.4) is 0 Å². The van der Waals surface area contributed by atoms with Gasteiger partial charge in [-0.2, -0.15) is 14.8 Å². The highest BCUT2D eigenvalue weighted by Gasteiger charge is 2.50. The number of rotatable bonds is 18. The Morgan fingerprint density at radius 3 is 0.919 bits per heavy atom. The summed E-state index contributed by atoms with van der Waals surface area (Å²) in [6.45, 7) is 0. The third kappa shape index (κ3) is 15.0. The van der Waals surface area contributed by atoms with Gasteiger partial charge in [-0.25, -0.2) is 54.5 Å². The molecule has 35 heteroatoms. The summed E-state index contributed by atoms with van der Waals surface area (Å²) < 4.78 is 124. The molecule has 0 bridgehead atoms. The third-order valence-electron chi connectivity index (χ3n) is 2.16. The predicted molar refractivity (Wildman–Crippen MR) is 89.9 cm³/mol. The van der Waals surface area contributed by atoms with E-state index in [4.69, 9.17) is 10.4 Å². The van der Waals surface area contributed by atoms with Crippen molar-refractivity contribution in [3.05, 3.63) is 0 Å². The van der Waals surface area contributed by atoms with Crippen LogP contribution in [0.25, 0.3) is 0 Å². The lowest BCUT2D eigenvalue weighted by atomic mass is 11.8. The standard InChI is InChI=1S/C2H16N2O25P8/c1-21-32(11,12)25-36(19,27-34(15,16)23-30(7,8)3-5)29-37(20,26-33(13,14)22-2)28-35(17,18)24-31(9,10)4-6/h5-6H,1-2H3,(H,11,12)(H,13,14)(H,15,16)(H,17,18)(H2,3,7,8)(H2,4,9,10)/p-4. The van der Waals surface area contributed by atoms with Gasteiger partial charge in [0, 0.05) is 14.2 Å². The van der Waals surface area contributed by atoms with Gasteiger partial charge >= 0.3 is 31.1 Å². The quantitative estimate of drug-likeness (QED) is 0.0766. The number of quaternary nitrogens is 2. The lowest BCUT2D eigenvalue weighted by Gasteiger charge is -2.34. The van der Waals surface area contributed by atoms with Crippen LogP contribution < -0.4 is 39.9 Å². The van der Waals surface area contributed by atoms with E-state index < -0.39 is 72.9 Å². The lowest BCUT2D eigenvalue weighted by Crippen LogP contribution is -2.77. The summed E-state index contributed by atoms with van der Waals surface area (Å²) in [7, 11) is -51.7. The lowest BCUT2D eigenvalue weighted by molar-refractivity contribution is -0.797. The summed E-state index contributed by atoms with van der Waals surface area (Å²) in [6.07, 6.45) is 0. The largest absolute Gasteiger partial charge is 0.756 e. The van der Waals surface area contributed by atoms with E-state index in [-0.39, 0.29) is 14.2 Å². The second-order valence-corrected chi connectivity index (χ2v) is 18.2. The minimum Gasteiger partial charge on any atom is -0.756 e. The van der Waals surface area contributed by atoms with Crippen LogP contribution in [0.1, 0.15) is 0 Å². The Hall–Kier alpha value is 1.08. The molecule has 6 N–H and O–H groups in total. The molecule has 0 aliphatic carbocycles. The number of nitrogens with two attached hydrogens (primary N) is 2. The fraction of sp³-hybridized carbons (Fsp3) is 1.00. The maximum atomic E-state index is 12.6. The first-order chi connectivity index (χ1) is 16.2. The van der Waals surface area contributed by atoms with Gasteiger partial charge in [-0.3, -0.25) is 18.3 Å². The Labute approximate surface area is 203 Å². The molecule has 224 valence electrons. The molecule has 0 heterocycles. The average Bonchev–Trinajstić information content (AvgIpc) is 2.63. The van der Waals surface area contributed by atoms with Crippen LogP contribution in [0.2, 0.25) is 0 Å². The highest BCUT2D eigenvalue weighted by molar-refractivity contribution is 7.76. The van der Waals surface area contributed by atoms with Crippen molar-refractivity contribution in [1.29, 1.82) is 0 Å². The highest BCUT2D eigenvalue weighted by atomic mass is 31.3. The SMILES string of the molecule is COP(=O)([O-])OP(=O)(OP(=O)([O-])OP(=O)([O-])[NH2+]O)OP(=O)(OP(=O)([O-])OC)OP(=O)([O-])OP(=O)([O-])[NH2+]O. The summed E-state index contributed by atoms with van der Waals surface area (Å²) in [5, 5.41) is 14.9. The number of hydrogen-bond acceptors (Lipinski definition) is 25. The molecule has 0 saturated heterocycles. The van der Waals surface area contributed by atoms with Crippen molar-refractivity contribution >= 4 is 62.4 Å². The minimum atomic E-state index is -7.04. The molecule has 8 unspecified atom stereocenters. The third-order valence-corrected chi connectivity index (χ3v) is 15.0. The van der Waals surface area contributed by atoms with Crippen molar-refractivity contribution in [2.75, 3.05) is 14.2 Å². The topological polar surface area (TPSA) is 432 Å². The zero-order chi connectivity index (χ0) is 29.8. The molecule has 0 aromatic carbocycles. The molecule has 0 amide bonds. The summed E-state index contributed by atoms with van der Waals surface area (Å²) >= 11 is 0. The zero-order valence-electron chi connectivity index (χ0n) is 17.0. The molecule has 0 aromatic rings. The molecule has 0 rings (SSSR count). The molecule has 0 fully saturated rings. The van der Waals surface area contributed by atoms with Crippen LogP contribution in [0.15, 0.2) is 0 Å². The second kappa shape index (κ2) is 13.4. The highest BCUT2D eigenvalue weighted by Crippen LogP contribution is 2.80. The van der Waals surface area contributed by atoms with Crippen molar-refractivity contribution < 1.29 is 126 Å². The van der Waals surface area contributed by atoms with Gasteiger partial charge in [-0.15, -0.1) is 0 Å². The molecule has 8 atom stereocenters.